The van der Waals surface area contributed by atoms with Crippen LogP contribution in [0.4, 0.5) is 0 Å². The second kappa shape index (κ2) is 8.62. The van der Waals surface area contributed by atoms with Crippen LogP contribution in [-0.2, 0) is 32.4 Å². The van der Waals surface area contributed by atoms with E-state index in [4.69, 9.17) is 4.52 Å². The molecule has 2 aromatic rings. The van der Waals surface area contributed by atoms with Crippen LogP contribution in [0.15, 0.2) is 34.9 Å². The summed E-state index contributed by atoms with van der Waals surface area (Å²) < 4.78 is 31.9. The number of hydrogen-bond donors (Lipinski definition) is 0. The minimum Gasteiger partial charge on any atom is -0.340 e. The van der Waals surface area contributed by atoms with Gasteiger partial charge in [0.25, 0.3) is 0 Å². The quantitative estimate of drug-likeness (QED) is 0.709. The van der Waals surface area contributed by atoms with Gasteiger partial charge in [-0.15, -0.1) is 0 Å². The van der Waals surface area contributed by atoms with E-state index in [1.807, 2.05) is 39.0 Å². The van der Waals surface area contributed by atoms with Crippen molar-refractivity contribution >= 4 is 15.9 Å². The average molecular weight is 421 g/mol. The van der Waals surface area contributed by atoms with Gasteiger partial charge in [-0.05, 0) is 5.56 Å². The maximum absolute atomic E-state index is 12.6. The van der Waals surface area contributed by atoms with E-state index in [1.54, 1.807) is 17.0 Å². The lowest BCUT2D eigenvalue weighted by Crippen LogP contribution is -2.50. The standard InChI is InChI=1S/C20H28N4O4S/c1-20(2,3)19-21-17(28-22-19)9-10-18(25)23-11-13-24(14-12-23)29(26,27)15-16-7-5-4-6-8-16/h4-8H,9-15H2,1-3H3. The molecule has 0 saturated carbocycles. The second-order valence-electron chi connectivity index (χ2n) is 8.28. The Kier molecular flexibility index (Phi) is 6.38. The number of benzene rings is 1. The summed E-state index contributed by atoms with van der Waals surface area (Å²) in [7, 11) is -3.39. The monoisotopic (exact) mass is 420 g/mol. The predicted molar refractivity (Wildman–Crippen MR) is 109 cm³/mol. The Bertz CT molecular complexity index is 927. The van der Waals surface area contributed by atoms with Crippen molar-refractivity contribution in [3.05, 3.63) is 47.6 Å². The van der Waals surface area contributed by atoms with Crippen molar-refractivity contribution < 1.29 is 17.7 Å². The predicted octanol–water partition coefficient (Wildman–Crippen LogP) is 1.97. The first kappa shape index (κ1) is 21.4. The molecule has 1 amide bonds. The third-order valence-electron chi connectivity index (χ3n) is 4.87. The summed E-state index contributed by atoms with van der Waals surface area (Å²) in [4.78, 5) is 18.5. The number of rotatable bonds is 6. The zero-order valence-electron chi connectivity index (χ0n) is 17.2. The fraction of sp³-hybridized carbons (Fsp3) is 0.550. The second-order valence-corrected chi connectivity index (χ2v) is 10.3. The molecule has 0 unspecified atom stereocenters. The SMILES string of the molecule is CC(C)(C)c1noc(CCC(=O)N2CCN(S(=O)(=O)Cc3ccccc3)CC2)n1. The topological polar surface area (TPSA) is 96.6 Å². The van der Waals surface area contributed by atoms with Crippen molar-refractivity contribution in [2.75, 3.05) is 26.2 Å². The molecule has 1 fully saturated rings. The number of piperazine rings is 1. The molecule has 0 N–H and O–H groups in total. The highest BCUT2D eigenvalue weighted by molar-refractivity contribution is 7.88. The van der Waals surface area contributed by atoms with Crippen LogP contribution in [-0.4, -0.2) is 59.8 Å². The first-order valence-corrected chi connectivity index (χ1v) is 11.4. The normalized spacial score (nSPS) is 16.2. The minimum atomic E-state index is -3.39. The highest BCUT2D eigenvalue weighted by Crippen LogP contribution is 2.19. The van der Waals surface area contributed by atoms with E-state index in [2.05, 4.69) is 10.1 Å². The van der Waals surface area contributed by atoms with Gasteiger partial charge in [0.05, 0.1) is 5.75 Å². The maximum atomic E-state index is 12.6. The summed E-state index contributed by atoms with van der Waals surface area (Å²) in [6.07, 6.45) is 0.650. The molecule has 1 aliphatic rings. The molecular weight excluding hydrogens is 392 g/mol. The maximum Gasteiger partial charge on any atom is 0.227 e. The summed E-state index contributed by atoms with van der Waals surface area (Å²) in [6, 6.07) is 9.13. The fourth-order valence-electron chi connectivity index (χ4n) is 3.12. The number of sulfonamides is 1. The minimum absolute atomic E-state index is 0.0188. The number of aryl methyl sites for hydroxylation is 1. The van der Waals surface area contributed by atoms with E-state index in [0.29, 0.717) is 44.3 Å². The third-order valence-corrected chi connectivity index (χ3v) is 6.72. The number of aromatic nitrogens is 2. The summed E-state index contributed by atoms with van der Waals surface area (Å²) in [5.74, 6) is 1.03. The van der Waals surface area contributed by atoms with E-state index in [0.717, 1.165) is 5.56 Å². The molecule has 29 heavy (non-hydrogen) atoms. The molecule has 0 aliphatic carbocycles. The van der Waals surface area contributed by atoms with Gasteiger partial charge in [0.2, 0.25) is 21.8 Å². The van der Waals surface area contributed by atoms with Gasteiger partial charge in [0, 0.05) is 44.4 Å². The fourth-order valence-corrected chi connectivity index (χ4v) is 4.64. The number of hydrogen-bond acceptors (Lipinski definition) is 6. The molecule has 0 atom stereocenters. The summed E-state index contributed by atoms with van der Waals surface area (Å²) in [5.41, 5.74) is 0.563. The van der Waals surface area contributed by atoms with Crippen molar-refractivity contribution in [2.24, 2.45) is 0 Å². The van der Waals surface area contributed by atoms with E-state index >= 15 is 0 Å². The summed E-state index contributed by atoms with van der Waals surface area (Å²) in [6.45, 7) is 7.41. The van der Waals surface area contributed by atoms with Gasteiger partial charge >= 0.3 is 0 Å². The lowest BCUT2D eigenvalue weighted by atomic mass is 9.96. The van der Waals surface area contributed by atoms with Crippen molar-refractivity contribution in [1.29, 1.82) is 0 Å². The lowest BCUT2D eigenvalue weighted by molar-refractivity contribution is -0.132. The Balaban J connectivity index is 1.48. The Morgan fingerprint density at radius 1 is 1.10 bits per heavy atom. The molecule has 1 aromatic carbocycles. The molecular formula is C20H28N4O4S. The van der Waals surface area contributed by atoms with E-state index < -0.39 is 10.0 Å². The van der Waals surface area contributed by atoms with Crippen LogP contribution >= 0.6 is 0 Å². The smallest absolute Gasteiger partial charge is 0.227 e. The summed E-state index contributed by atoms with van der Waals surface area (Å²) >= 11 is 0. The van der Waals surface area contributed by atoms with Crippen LogP contribution in [0.3, 0.4) is 0 Å². The van der Waals surface area contributed by atoms with Gasteiger partial charge in [0.15, 0.2) is 5.82 Å². The van der Waals surface area contributed by atoms with Crippen LogP contribution in [0.1, 0.15) is 44.5 Å². The Morgan fingerprint density at radius 2 is 1.76 bits per heavy atom. The van der Waals surface area contributed by atoms with Crippen molar-refractivity contribution in [1.82, 2.24) is 19.3 Å². The molecule has 2 heterocycles. The summed E-state index contributed by atoms with van der Waals surface area (Å²) in [5, 5.41) is 3.96. The molecule has 9 heteroatoms. The third kappa shape index (κ3) is 5.63. The van der Waals surface area contributed by atoms with E-state index in [1.165, 1.54) is 4.31 Å². The van der Waals surface area contributed by atoms with Gasteiger partial charge in [-0.2, -0.15) is 9.29 Å². The number of carbonyl (C=O) groups excluding carboxylic acids is 1. The average Bonchev–Trinajstić information content (AvgIpc) is 3.16. The first-order valence-electron chi connectivity index (χ1n) is 9.78. The van der Waals surface area contributed by atoms with E-state index in [9.17, 15) is 13.2 Å². The van der Waals surface area contributed by atoms with Crippen molar-refractivity contribution in [2.45, 2.75) is 44.8 Å². The van der Waals surface area contributed by atoms with Crippen LogP contribution < -0.4 is 0 Å². The van der Waals surface area contributed by atoms with Gasteiger partial charge in [-0.25, -0.2) is 8.42 Å². The number of amides is 1. The van der Waals surface area contributed by atoms with Crippen LogP contribution in [0.2, 0.25) is 0 Å². The van der Waals surface area contributed by atoms with Crippen molar-refractivity contribution in [3.8, 4) is 0 Å². The molecule has 0 spiro atoms. The Morgan fingerprint density at radius 3 is 2.34 bits per heavy atom. The zero-order valence-corrected chi connectivity index (χ0v) is 18.0. The van der Waals surface area contributed by atoms with E-state index in [-0.39, 0.29) is 23.5 Å². The largest absolute Gasteiger partial charge is 0.340 e. The van der Waals surface area contributed by atoms with Crippen molar-refractivity contribution in [3.63, 3.8) is 0 Å². The number of carbonyl (C=O) groups is 1. The molecule has 0 radical (unpaired) electrons. The van der Waals surface area contributed by atoms with Crippen LogP contribution in [0.5, 0.6) is 0 Å². The van der Waals surface area contributed by atoms with Gasteiger partial charge < -0.3 is 9.42 Å². The van der Waals surface area contributed by atoms with Crippen LogP contribution in [0, 0.1) is 0 Å². The number of nitrogens with zero attached hydrogens (tertiary/aromatic N) is 4. The van der Waals surface area contributed by atoms with Gasteiger partial charge in [0.1, 0.15) is 0 Å². The highest BCUT2D eigenvalue weighted by atomic mass is 32.2. The molecule has 1 aromatic heterocycles. The highest BCUT2D eigenvalue weighted by Gasteiger charge is 2.29. The van der Waals surface area contributed by atoms with Gasteiger partial charge in [-0.3, -0.25) is 4.79 Å². The zero-order chi connectivity index (χ0) is 21.1. The molecule has 1 aliphatic heterocycles. The Hall–Kier alpha value is -2.26. The molecule has 3 rings (SSSR count). The molecule has 0 bridgehead atoms. The van der Waals surface area contributed by atoms with Crippen LogP contribution in [0.25, 0.3) is 0 Å². The molecule has 8 nitrogen and oxygen atoms in total. The molecule has 1 saturated heterocycles. The lowest BCUT2D eigenvalue weighted by Gasteiger charge is -2.34. The Labute approximate surface area is 171 Å². The molecule has 158 valence electrons. The van der Waals surface area contributed by atoms with Gasteiger partial charge in [-0.1, -0.05) is 56.3 Å². The first-order chi connectivity index (χ1) is 13.6.